The Balaban J connectivity index is 2.97. The fraction of sp³-hybridized carbons (Fsp3) is 0.500. The highest BCUT2D eigenvalue weighted by Gasteiger charge is 2.27. The number of nitrogens with zero attached hydrogens (tertiary/aromatic N) is 1. The van der Waals surface area contributed by atoms with Crippen molar-refractivity contribution in [3.05, 3.63) is 35.4 Å². The van der Waals surface area contributed by atoms with Gasteiger partial charge in [-0.15, -0.1) is 0 Å². The van der Waals surface area contributed by atoms with Crippen molar-refractivity contribution in [3.63, 3.8) is 0 Å². The molecule has 0 aliphatic carbocycles. The number of nitrogens with two attached hydrogens (primary N) is 1. The number of ether oxygens (including phenoxy) is 1. The van der Waals surface area contributed by atoms with E-state index in [-0.39, 0.29) is 31.3 Å². The second-order valence-corrected chi connectivity index (χ2v) is 5.46. The predicted octanol–water partition coefficient (Wildman–Crippen LogP) is 1.49. The van der Waals surface area contributed by atoms with Crippen LogP contribution in [0.1, 0.15) is 18.9 Å². The van der Waals surface area contributed by atoms with Crippen LogP contribution in [-0.2, 0) is 20.7 Å². The molecule has 2 atom stereocenters. The van der Waals surface area contributed by atoms with Gasteiger partial charge in [-0.1, -0.05) is 6.07 Å². The van der Waals surface area contributed by atoms with Gasteiger partial charge in [0, 0.05) is 19.6 Å². The number of halogens is 2. The first-order valence-electron chi connectivity index (χ1n) is 7.27. The lowest BCUT2D eigenvalue weighted by Crippen LogP contribution is -2.43. The second kappa shape index (κ2) is 8.57. The van der Waals surface area contributed by atoms with Crippen LogP contribution in [0.5, 0.6) is 0 Å². The largest absolute Gasteiger partial charge is 0.469 e. The molecule has 1 rings (SSSR count). The zero-order chi connectivity index (χ0) is 17.6. The van der Waals surface area contributed by atoms with Crippen molar-refractivity contribution in [2.45, 2.75) is 25.8 Å². The lowest BCUT2D eigenvalue weighted by molar-refractivity contribution is -0.147. The van der Waals surface area contributed by atoms with E-state index in [0.29, 0.717) is 5.56 Å². The third-order valence-corrected chi connectivity index (χ3v) is 3.81. The van der Waals surface area contributed by atoms with E-state index in [0.717, 1.165) is 12.1 Å². The molecule has 0 radical (unpaired) electrons. The number of hydrogen-bond donors (Lipinski definition) is 1. The Morgan fingerprint density at radius 3 is 2.48 bits per heavy atom. The molecule has 0 aliphatic heterocycles. The number of methoxy groups -OCH3 is 1. The van der Waals surface area contributed by atoms with Gasteiger partial charge in [0.15, 0.2) is 11.6 Å². The van der Waals surface area contributed by atoms with Crippen molar-refractivity contribution >= 4 is 11.9 Å². The van der Waals surface area contributed by atoms with Crippen molar-refractivity contribution in [2.75, 3.05) is 20.7 Å². The summed E-state index contributed by atoms with van der Waals surface area (Å²) in [5, 5.41) is 0. The number of rotatable bonds is 7. The van der Waals surface area contributed by atoms with Crippen molar-refractivity contribution in [3.8, 4) is 0 Å². The van der Waals surface area contributed by atoms with Gasteiger partial charge >= 0.3 is 5.97 Å². The molecule has 1 aromatic rings. The predicted molar refractivity (Wildman–Crippen MR) is 81.5 cm³/mol. The molecule has 0 fully saturated rings. The Bertz CT molecular complexity index is 566. The van der Waals surface area contributed by atoms with Crippen LogP contribution in [0.4, 0.5) is 8.78 Å². The van der Waals surface area contributed by atoms with Gasteiger partial charge in [-0.25, -0.2) is 8.78 Å². The summed E-state index contributed by atoms with van der Waals surface area (Å²) in [7, 11) is 2.82. The van der Waals surface area contributed by atoms with E-state index in [1.54, 1.807) is 14.0 Å². The summed E-state index contributed by atoms with van der Waals surface area (Å²) >= 11 is 0. The Hall–Kier alpha value is -2.02. The average molecular weight is 328 g/mol. The lowest BCUT2D eigenvalue weighted by Gasteiger charge is -2.28. The van der Waals surface area contributed by atoms with Gasteiger partial charge in [0.2, 0.25) is 5.91 Å². The van der Waals surface area contributed by atoms with E-state index < -0.39 is 23.5 Å². The summed E-state index contributed by atoms with van der Waals surface area (Å²) in [5.74, 6) is -3.52. The zero-order valence-corrected chi connectivity index (χ0v) is 13.5. The number of amides is 1. The van der Waals surface area contributed by atoms with Gasteiger partial charge in [0.25, 0.3) is 0 Å². The van der Waals surface area contributed by atoms with Gasteiger partial charge in [0.1, 0.15) is 0 Å². The maximum absolute atomic E-state index is 13.3. The normalized spacial score (nSPS) is 13.3. The molecule has 23 heavy (non-hydrogen) atoms. The van der Waals surface area contributed by atoms with Gasteiger partial charge in [-0.3, -0.25) is 9.59 Å². The molecule has 0 saturated heterocycles. The van der Waals surface area contributed by atoms with E-state index in [4.69, 9.17) is 5.73 Å². The maximum Gasteiger partial charge on any atom is 0.306 e. The highest BCUT2D eigenvalue weighted by molar-refractivity contribution is 5.84. The molecule has 7 heteroatoms. The second-order valence-electron chi connectivity index (χ2n) is 5.46. The Kier molecular flexibility index (Phi) is 7.09. The molecule has 1 aromatic carbocycles. The van der Waals surface area contributed by atoms with Crippen molar-refractivity contribution in [1.82, 2.24) is 4.90 Å². The van der Waals surface area contributed by atoms with Gasteiger partial charge in [0.05, 0.1) is 19.4 Å². The maximum atomic E-state index is 13.3. The number of carbonyl (C=O) groups is 2. The van der Waals surface area contributed by atoms with Crippen LogP contribution in [-0.4, -0.2) is 43.5 Å². The summed E-state index contributed by atoms with van der Waals surface area (Å²) in [5.41, 5.74) is 5.98. The Morgan fingerprint density at radius 2 is 1.96 bits per heavy atom. The molecular weight excluding hydrogens is 306 g/mol. The van der Waals surface area contributed by atoms with Crippen LogP contribution in [0.15, 0.2) is 18.2 Å². The van der Waals surface area contributed by atoms with Crippen LogP contribution >= 0.6 is 0 Å². The summed E-state index contributed by atoms with van der Waals surface area (Å²) < 4.78 is 30.9. The smallest absolute Gasteiger partial charge is 0.306 e. The molecule has 0 unspecified atom stereocenters. The number of carbonyl (C=O) groups excluding carboxylic acids is 2. The molecule has 0 saturated carbocycles. The fourth-order valence-corrected chi connectivity index (χ4v) is 2.15. The topological polar surface area (TPSA) is 72.6 Å². The number of benzene rings is 1. The average Bonchev–Trinajstić information content (AvgIpc) is 2.55. The van der Waals surface area contributed by atoms with Crippen molar-refractivity contribution < 1.29 is 23.1 Å². The van der Waals surface area contributed by atoms with Crippen molar-refractivity contribution in [1.29, 1.82) is 0 Å². The summed E-state index contributed by atoms with van der Waals surface area (Å²) in [6.07, 6.45) is -0.0390. The first kappa shape index (κ1) is 19.0. The molecule has 0 heterocycles. The van der Waals surface area contributed by atoms with Crippen LogP contribution in [0, 0.1) is 17.6 Å². The van der Waals surface area contributed by atoms with E-state index in [2.05, 4.69) is 4.74 Å². The quantitative estimate of drug-likeness (QED) is 0.770. The Labute approximate surface area is 134 Å². The summed E-state index contributed by atoms with van der Waals surface area (Å²) in [4.78, 5) is 25.5. The molecule has 5 nitrogen and oxygen atoms in total. The highest BCUT2D eigenvalue weighted by atomic mass is 19.2. The number of likely N-dealkylation sites (N-methyl/N-ethyl adjacent to an activating group) is 1. The molecule has 2 N–H and O–H groups in total. The van der Waals surface area contributed by atoms with Crippen LogP contribution < -0.4 is 5.73 Å². The van der Waals surface area contributed by atoms with Gasteiger partial charge in [-0.2, -0.15) is 0 Å². The third kappa shape index (κ3) is 5.28. The minimum Gasteiger partial charge on any atom is -0.469 e. The minimum atomic E-state index is -0.990. The van der Waals surface area contributed by atoms with Crippen LogP contribution in [0.2, 0.25) is 0 Å². The van der Waals surface area contributed by atoms with E-state index in [1.807, 2.05) is 0 Å². The summed E-state index contributed by atoms with van der Waals surface area (Å²) in [6.45, 7) is 2.06. The molecule has 0 aromatic heterocycles. The number of esters is 1. The van der Waals surface area contributed by atoms with E-state index in [9.17, 15) is 18.4 Å². The highest BCUT2D eigenvalue weighted by Crippen LogP contribution is 2.19. The van der Waals surface area contributed by atoms with Crippen LogP contribution in [0.25, 0.3) is 0 Å². The molecular formula is C16H22F2N2O3. The first-order valence-corrected chi connectivity index (χ1v) is 7.27. The minimum absolute atomic E-state index is 0.104. The SMILES string of the molecule is COC(=O)C[C@@H](Cc1ccc(F)c(F)c1)C(=O)N(C)[C@@H](C)CN. The van der Waals surface area contributed by atoms with Gasteiger partial charge < -0.3 is 15.4 Å². The molecule has 0 aliphatic rings. The Morgan fingerprint density at radius 1 is 1.30 bits per heavy atom. The van der Waals surface area contributed by atoms with E-state index in [1.165, 1.54) is 18.1 Å². The standard InChI is InChI=1S/C16H22F2N2O3/c1-10(9-19)20(2)16(22)12(8-15(21)23-3)6-11-4-5-13(17)14(18)7-11/h4-5,7,10,12H,6,8-9,19H2,1-3H3/t10-,12+/m0/s1. The molecule has 0 spiro atoms. The van der Waals surface area contributed by atoms with Crippen molar-refractivity contribution in [2.24, 2.45) is 11.7 Å². The fourth-order valence-electron chi connectivity index (χ4n) is 2.15. The van der Waals surface area contributed by atoms with Crippen LogP contribution in [0.3, 0.4) is 0 Å². The number of hydrogen-bond acceptors (Lipinski definition) is 4. The van der Waals surface area contributed by atoms with E-state index >= 15 is 0 Å². The molecule has 1 amide bonds. The lowest BCUT2D eigenvalue weighted by atomic mass is 9.94. The molecule has 128 valence electrons. The first-order chi connectivity index (χ1) is 10.8. The summed E-state index contributed by atoms with van der Waals surface area (Å²) in [6, 6.07) is 3.21. The van der Waals surface area contributed by atoms with Gasteiger partial charge in [-0.05, 0) is 31.0 Å². The zero-order valence-electron chi connectivity index (χ0n) is 13.5. The monoisotopic (exact) mass is 328 g/mol. The third-order valence-electron chi connectivity index (χ3n) is 3.81. The molecule has 0 bridgehead atoms.